The quantitative estimate of drug-likeness (QED) is 0.568. The molecule has 4 heterocycles. The summed E-state index contributed by atoms with van der Waals surface area (Å²) in [6.45, 7) is 2.64. The molecule has 0 fully saturated rings. The van der Waals surface area contributed by atoms with Crippen molar-refractivity contribution in [3.8, 4) is 0 Å². The number of pyridine rings is 3. The maximum atomic E-state index is 12.9. The van der Waals surface area contributed by atoms with E-state index in [-0.39, 0.29) is 11.5 Å². The minimum atomic E-state index is -0.234. The van der Waals surface area contributed by atoms with Crippen LogP contribution in [0.25, 0.3) is 10.9 Å². The van der Waals surface area contributed by atoms with Crippen molar-refractivity contribution in [2.75, 3.05) is 0 Å². The van der Waals surface area contributed by atoms with Crippen LogP contribution in [0.4, 0.5) is 0 Å². The summed E-state index contributed by atoms with van der Waals surface area (Å²) < 4.78 is 1.60. The lowest BCUT2D eigenvalue weighted by Gasteiger charge is -2.10. The fourth-order valence-electron chi connectivity index (χ4n) is 3.02. The van der Waals surface area contributed by atoms with Crippen LogP contribution in [0.3, 0.4) is 0 Å². The number of carbonyl (C=O) groups is 1. The van der Waals surface area contributed by atoms with Gasteiger partial charge in [-0.3, -0.25) is 19.6 Å². The third-order valence-corrected chi connectivity index (χ3v) is 5.35. The van der Waals surface area contributed by atoms with E-state index in [4.69, 9.17) is 0 Å². The molecule has 1 amide bonds. The van der Waals surface area contributed by atoms with Crippen molar-refractivity contribution < 1.29 is 4.79 Å². The monoisotopic (exact) mass is 390 g/mol. The highest BCUT2D eigenvalue weighted by Gasteiger charge is 2.14. The standard InChI is InChI=1S/C21H18N4O2S/c1-14-17(20(26)23-12-16-5-3-9-28-16)10-18-19(24-14)6-8-25(21(18)27)13-15-4-2-7-22-11-15/h2-11H,12-13H2,1H3,(H,23,26). The molecule has 0 unspecified atom stereocenters. The van der Waals surface area contributed by atoms with Crippen molar-refractivity contribution in [1.82, 2.24) is 19.9 Å². The third kappa shape index (κ3) is 3.70. The first kappa shape index (κ1) is 18.1. The topological polar surface area (TPSA) is 76.9 Å². The van der Waals surface area contributed by atoms with Crippen molar-refractivity contribution in [1.29, 1.82) is 0 Å². The van der Waals surface area contributed by atoms with Crippen LogP contribution in [0.2, 0.25) is 0 Å². The maximum Gasteiger partial charge on any atom is 0.260 e. The largest absolute Gasteiger partial charge is 0.347 e. The molecule has 4 rings (SSSR count). The number of nitrogens with zero attached hydrogens (tertiary/aromatic N) is 3. The molecule has 4 aromatic heterocycles. The Labute approximate surface area is 165 Å². The Morgan fingerprint density at radius 1 is 1.25 bits per heavy atom. The number of hydrogen-bond donors (Lipinski definition) is 1. The highest BCUT2D eigenvalue weighted by atomic mass is 32.1. The molecule has 0 atom stereocenters. The van der Waals surface area contributed by atoms with Gasteiger partial charge in [-0.2, -0.15) is 0 Å². The summed E-state index contributed by atoms with van der Waals surface area (Å²) >= 11 is 1.58. The van der Waals surface area contributed by atoms with Gasteiger partial charge in [-0.25, -0.2) is 0 Å². The third-order valence-electron chi connectivity index (χ3n) is 4.47. The Balaban J connectivity index is 1.66. The SMILES string of the molecule is Cc1nc2ccn(Cc3cccnc3)c(=O)c2cc1C(=O)NCc1cccs1. The maximum absolute atomic E-state index is 12.9. The predicted molar refractivity (Wildman–Crippen MR) is 110 cm³/mol. The molecule has 0 aliphatic rings. The molecular formula is C21H18N4O2S. The Kier molecular flexibility index (Phi) is 4.99. The molecule has 6 nitrogen and oxygen atoms in total. The van der Waals surface area contributed by atoms with E-state index in [0.717, 1.165) is 10.4 Å². The molecule has 0 saturated carbocycles. The Hall–Kier alpha value is -3.32. The second-order valence-electron chi connectivity index (χ2n) is 6.43. The van der Waals surface area contributed by atoms with E-state index in [9.17, 15) is 9.59 Å². The van der Waals surface area contributed by atoms with E-state index in [0.29, 0.717) is 35.2 Å². The van der Waals surface area contributed by atoms with E-state index >= 15 is 0 Å². The molecule has 0 saturated heterocycles. The molecule has 28 heavy (non-hydrogen) atoms. The van der Waals surface area contributed by atoms with E-state index in [2.05, 4.69) is 15.3 Å². The zero-order valence-electron chi connectivity index (χ0n) is 15.3. The van der Waals surface area contributed by atoms with Gasteiger partial charge in [-0.05, 0) is 42.1 Å². The van der Waals surface area contributed by atoms with E-state index in [1.54, 1.807) is 53.6 Å². The zero-order chi connectivity index (χ0) is 19.5. The lowest BCUT2D eigenvalue weighted by molar-refractivity contribution is 0.0950. The number of amides is 1. The van der Waals surface area contributed by atoms with Crippen molar-refractivity contribution in [3.05, 3.63) is 92.4 Å². The number of nitrogens with one attached hydrogen (secondary N) is 1. The number of aryl methyl sites for hydroxylation is 1. The average molecular weight is 390 g/mol. The smallest absolute Gasteiger partial charge is 0.260 e. The molecule has 0 aromatic carbocycles. The molecule has 140 valence electrons. The van der Waals surface area contributed by atoms with Crippen LogP contribution in [0, 0.1) is 6.92 Å². The Bertz CT molecular complexity index is 1180. The highest BCUT2D eigenvalue weighted by Crippen LogP contribution is 2.15. The number of carbonyl (C=O) groups excluding carboxylic acids is 1. The lowest BCUT2D eigenvalue weighted by atomic mass is 10.1. The molecule has 0 bridgehead atoms. The first-order valence-corrected chi connectivity index (χ1v) is 9.70. The van der Waals surface area contributed by atoms with Gasteiger partial charge >= 0.3 is 0 Å². The molecule has 0 aliphatic heterocycles. The molecule has 0 spiro atoms. The Morgan fingerprint density at radius 3 is 2.89 bits per heavy atom. The van der Waals surface area contributed by atoms with Gasteiger partial charge in [0, 0.05) is 23.5 Å². The van der Waals surface area contributed by atoms with Gasteiger partial charge < -0.3 is 9.88 Å². The number of thiophene rings is 1. The fourth-order valence-corrected chi connectivity index (χ4v) is 3.67. The molecule has 4 aromatic rings. The van der Waals surface area contributed by atoms with Crippen molar-refractivity contribution in [2.45, 2.75) is 20.0 Å². The van der Waals surface area contributed by atoms with Crippen LogP contribution < -0.4 is 10.9 Å². The van der Waals surface area contributed by atoms with Gasteiger partial charge in [0.15, 0.2) is 0 Å². The zero-order valence-corrected chi connectivity index (χ0v) is 16.1. The van der Waals surface area contributed by atoms with E-state index in [1.807, 2.05) is 29.6 Å². The van der Waals surface area contributed by atoms with Gasteiger partial charge in [-0.15, -0.1) is 11.3 Å². The number of rotatable bonds is 5. The highest BCUT2D eigenvalue weighted by molar-refractivity contribution is 7.09. The first-order valence-electron chi connectivity index (χ1n) is 8.82. The summed E-state index contributed by atoms with van der Waals surface area (Å²) in [5.74, 6) is -0.234. The summed E-state index contributed by atoms with van der Waals surface area (Å²) in [7, 11) is 0. The van der Waals surface area contributed by atoms with Gasteiger partial charge in [-0.1, -0.05) is 12.1 Å². The molecule has 0 aliphatic carbocycles. The van der Waals surface area contributed by atoms with Gasteiger partial charge in [0.05, 0.1) is 35.2 Å². The van der Waals surface area contributed by atoms with Crippen LogP contribution in [0.15, 0.2) is 65.2 Å². The summed E-state index contributed by atoms with van der Waals surface area (Å²) in [5, 5.41) is 5.29. The normalized spacial score (nSPS) is 10.9. The second-order valence-corrected chi connectivity index (χ2v) is 7.46. The second kappa shape index (κ2) is 7.74. The summed E-state index contributed by atoms with van der Waals surface area (Å²) in [5.41, 5.74) is 2.35. The summed E-state index contributed by atoms with van der Waals surface area (Å²) in [6.07, 6.45) is 5.15. The van der Waals surface area contributed by atoms with E-state index in [1.165, 1.54) is 0 Å². The molecule has 7 heteroatoms. The van der Waals surface area contributed by atoms with Crippen molar-refractivity contribution in [2.24, 2.45) is 0 Å². The van der Waals surface area contributed by atoms with Crippen LogP contribution in [-0.2, 0) is 13.1 Å². The number of fused-ring (bicyclic) bond motifs is 1. The van der Waals surface area contributed by atoms with Gasteiger partial charge in [0.2, 0.25) is 0 Å². The minimum absolute atomic E-state index is 0.179. The first-order chi connectivity index (χ1) is 13.6. The summed E-state index contributed by atoms with van der Waals surface area (Å²) in [6, 6.07) is 11.1. The van der Waals surface area contributed by atoms with Crippen molar-refractivity contribution in [3.63, 3.8) is 0 Å². The Morgan fingerprint density at radius 2 is 2.14 bits per heavy atom. The van der Waals surface area contributed by atoms with Gasteiger partial charge in [0.25, 0.3) is 11.5 Å². The van der Waals surface area contributed by atoms with Crippen LogP contribution in [0.1, 0.15) is 26.5 Å². The van der Waals surface area contributed by atoms with Crippen LogP contribution in [-0.4, -0.2) is 20.4 Å². The predicted octanol–water partition coefficient (Wildman–Crippen LogP) is 3.14. The fraction of sp³-hybridized carbons (Fsp3) is 0.143. The lowest BCUT2D eigenvalue weighted by Crippen LogP contribution is -2.25. The minimum Gasteiger partial charge on any atom is -0.347 e. The van der Waals surface area contributed by atoms with Crippen LogP contribution in [0.5, 0.6) is 0 Å². The molecule has 1 N–H and O–H groups in total. The van der Waals surface area contributed by atoms with E-state index < -0.39 is 0 Å². The number of aromatic nitrogens is 3. The van der Waals surface area contributed by atoms with Gasteiger partial charge in [0.1, 0.15) is 0 Å². The number of hydrogen-bond acceptors (Lipinski definition) is 5. The summed E-state index contributed by atoms with van der Waals surface area (Å²) in [4.78, 5) is 35.2. The average Bonchev–Trinajstić information content (AvgIpc) is 3.22. The molecule has 0 radical (unpaired) electrons. The van der Waals surface area contributed by atoms with Crippen LogP contribution >= 0.6 is 11.3 Å². The van der Waals surface area contributed by atoms with Crippen molar-refractivity contribution >= 4 is 28.1 Å². The molecular weight excluding hydrogens is 372 g/mol.